The van der Waals surface area contributed by atoms with Gasteiger partial charge in [0.1, 0.15) is 0 Å². The SMILES string of the molecule is COCc1cccc(-n2ccc3c2CCCC3N)c1. The molecular formula is C16H20N2O. The highest BCUT2D eigenvalue weighted by Crippen LogP contribution is 2.30. The maximum Gasteiger partial charge on any atom is 0.0713 e. The van der Waals surface area contributed by atoms with Gasteiger partial charge >= 0.3 is 0 Å². The van der Waals surface area contributed by atoms with Crippen molar-refractivity contribution >= 4 is 0 Å². The third-order valence-corrected chi connectivity index (χ3v) is 3.86. The third-order valence-electron chi connectivity index (χ3n) is 3.86. The number of benzene rings is 1. The zero-order chi connectivity index (χ0) is 13.2. The Hall–Kier alpha value is -1.58. The van der Waals surface area contributed by atoms with E-state index in [-0.39, 0.29) is 6.04 Å². The van der Waals surface area contributed by atoms with E-state index in [1.165, 1.54) is 28.9 Å². The van der Waals surface area contributed by atoms with Crippen LogP contribution in [0.2, 0.25) is 0 Å². The van der Waals surface area contributed by atoms with Crippen LogP contribution in [0.4, 0.5) is 0 Å². The second-order valence-electron chi connectivity index (χ2n) is 5.19. The van der Waals surface area contributed by atoms with Gasteiger partial charge in [-0.15, -0.1) is 0 Å². The molecule has 0 saturated carbocycles. The number of aromatic nitrogens is 1. The van der Waals surface area contributed by atoms with Crippen LogP contribution in [0.25, 0.3) is 5.69 Å². The largest absolute Gasteiger partial charge is 0.380 e. The summed E-state index contributed by atoms with van der Waals surface area (Å²) in [5, 5.41) is 0. The van der Waals surface area contributed by atoms with E-state index in [2.05, 4.69) is 41.1 Å². The summed E-state index contributed by atoms with van der Waals surface area (Å²) in [6.45, 7) is 0.650. The van der Waals surface area contributed by atoms with Crippen LogP contribution in [-0.2, 0) is 17.8 Å². The van der Waals surface area contributed by atoms with Crippen molar-refractivity contribution in [2.75, 3.05) is 7.11 Å². The van der Waals surface area contributed by atoms with Gasteiger partial charge in [0.25, 0.3) is 0 Å². The molecule has 1 unspecified atom stereocenters. The van der Waals surface area contributed by atoms with Crippen LogP contribution < -0.4 is 5.73 Å². The van der Waals surface area contributed by atoms with Crippen LogP contribution in [-0.4, -0.2) is 11.7 Å². The van der Waals surface area contributed by atoms with Gasteiger partial charge in [0.2, 0.25) is 0 Å². The Morgan fingerprint density at radius 2 is 2.26 bits per heavy atom. The minimum absolute atomic E-state index is 0.201. The number of hydrogen-bond donors (Lipinski definition) is 1. The Morgan fingerprint density at radius 1 is 1.37 bits per heavy atom. The van der Waals surface area contributed by atoms with Gasteiger partial charge in [-0.3, -0.25) is 0 Å². The first kappa shape index (κ1) is 12.5. The van der Waals surface area contributed by atoms with Gasteiger partial charge in [0, 0.05) is 30.7 Å². The molecular weight excluding hydrogens is 236 g/mol. The fourth-order valence-electron chi connectivity index (χ4n) is 2.93. The van der Waals surface area contributed by atoms with E-state index in [4.69, 9.17) is 10.5 Å². The molecule has 1 aliphatic carbocycles. The predicted octanol–water partition coefficient (Wildman–Crippen LogP) is 2.96. The molecule has 1 aromatic carbocycles. The molecule has 2 aromatic rings. The first-order chi connectivity index (χ1) is 9.29. The molecule has 3 rings (SSSR count). The Balaban J connectivity index is 2.00. The fourth-order valence-corrected chi connectivity index (χ4v) is 2.93. The van der Waals surface area contributed by atoms with E-state index in [9.17, 15) is 0 Å². The van der Waals surface area contributed by atoms with Crippen molar-refractivity contribution in [3.05, 3.63) is 53.3 Å². The lowest BCUT2D eigenvalue weighted by Gasteiger charge is -2.21. The Morgan fingerprint density at radius 3 is 3.11 bits per heavy atom. The average molecular weight is 256 g/mol. The second kappa shape index (κ2) is 5.19. The van der Waals surface area contributed by atoms with Crippen LogP contribution >= 0.6 is 0 Å². The molecule has 1 atom stereocenters. The summed E-state index contributed by atoms with van der Waals surface area (Å²) in [6, 6.07) is 10.9. The van der Waals surface area contributed by atoms with Crippen molar-refractivity contribution in [3.8, 4) is 5.69 Å². The Labute approximate surface area is 114 Å². The van der Waals surface area contributed by atoms with Crippen LogP contribution in [0, 0.1) is 0 Å². The quantitative estimate of drug-likeness (QED) is 0.917. The van der Waals surface area contributed by atoms with Crippen molar-refractivity contribution in [1.82, 2.24) is 4.57 Å². The van der Waals surface area contributed by atoms with Crippen molar-refractivity contribution in [3.63, 3.8) is 0 Å². The molecule has 0 fully saturated rings. The number of ether oxygens (including phenoxy) is 1. The molecule has 1 aromatic heterocycles. The lowest BCUT2D eigenvalue weighted by molar-refractivity contribution is 0.185. The van der Waals surface area contributed by atoms with E-state index >= 15 is 0 Å². The van der Waals surface area contributed by atoms with Gasteiger partial charge in [0.15, 0.2) is 0 Å². The molecule has 1 aliphatic rings. The van der Waals surface area contributed by atoms with E-state index in [1.54, 1.807) is 7.11 Å². The highest BCUT2D eigenvalue weighted by Gasteiger charge is 2.20. The summed E-state index contributed by atoms with van der Waals surface area (Å²) >= 11 is 0. The molecule has 0 bridgehead atoms. The zero-order valence-electron chi connectivity index (χ0n) is 11.3. The van der Waals surface area contributed by atoms with E-state index in [0.29, 0.717) is 6.61 Å². The number of nitrogens with two attached hydrogens (primary N) is 1. The highest BCUT2D eigenvalue weighted by molar-refractivity contribution is 5.42. The van der Waals surface area contributed by atoms with Crippen molar-refractivity contribution in [2.45, 2.75) is 31.9 Å². The summed E-state index contributed by atoms with van der Waals surface area (Å²) in [7, 11) is 1.73. The standard InChI is InChI=1S/C16H20N2O/c1-19-11-12-4-2-5-13(10-12)18-9-8-14-15(17)6-3-7-16(14)18/h2,4-5,8-10,15H,3,6-7,11,17H2,1H3. The molecule has 0 radical (unpaired) electrons. The molecule has 3 heteroatoms. The first-order valence-corrected chi connectivity index (χ1v) is 6.83. The molecule has 0 spiro atoms. The number of nitrogens with zero attached hydrogens (tertiary/aromatic N) is 1. The number of rotatable bonds is 3. The molecule has 0 amide bonds. The van der Waals surface area contributed by atoms with Gasteiger partial charge < -0.3 is 15.0 Å². The van der Waals surface area contributed by atoms with Crippen LogP contribution in [0.3, 0.4) is 0 Å². The normalized spacial score (nSPS) is 18.3. The van der Waals surface area contributed by atoms with Crippen molar-refractivity contribution in [1.29, 1.82) is 0 Å². The summed E-state index contributed by atoms with van der Waals surface area (Å²) in [5.74, 6) is 0. The monoisotopic (exact) mass is 256 g/mol. The lowest BCUT2D eigenvalue weighted by atomic mass is 9.93. The first-order valence-electron chi connectivity index (χ1n) is 6.83. The van der Waals surface area contributed by atoms with E-state index < -0.39 is 0 Å². The minimum Gasteiger partial charge on any atom is -0.380 e. The van der Waals surface area contributed by atoms with Crippen molar-refractivity contribution in [2.24, 2.45) is 5.73 Å². The average Bonchev–Trinajstić information content (AvgIpc) is 2.85. The van der Waals surface area contributed by atoms with Gasteiger partial charge in [-0.25, -0.2) is 0 Å². The molecule has 19 heavy (non-hydrogen) atoms. The summed E-state index contributed by atoms with van der Waals surface area (Å²) < 4.78 is 7.47. The second-order valence-corrected chi connectivity index (χ2v) is 5.19. The van der Waals surface area contributed by atoms with Gasteiger partial charge in [-0.05, 0) is 48.6 Å². The fraction of sp³-hybridized carbons (Fsp3) is 0.375. The maximum atomic E-state index is 6.18. The topological polar surface area (TPSA) is 40.2 Å². The molecule has 0 aliphatic heterocycles. The van der Waals surface area contributed by atoms with Crippen molar-refractivity contribution < 1.29 is 4.74 Å². The maximum absolute atomic E-state index is 6.18. The lowest BCUT2D eigenvalue weighted by Crippen LogP contribution is -2.17. The molecule has 3 nitrogen and oxygen atoms in total. The smallest absolute Gasteiger partial charge is 0.0713 e. The van der Waals surface area contributed by atoms with Gasteiger partial charge in [-0.1, -0.05) is 12.1 Å². The molecule has 2 N–H and O–H groups in total. The zero-order valence-corrected chi connectivity index (χ0v) is 11.3. The predicted molar refractivity (Wildman–Crippen MR) is 76.3 cm³/mol. The van der Waals surface area contributed by atoms with Gasteiger partial charge in [-0.2, -0.15) is 0 Å². The Bertz CT molecular complexity index is 574. The van der Waals surface area contributed by atoms with Crippen LogP contribution in [0.1, 0.15) is 35.7 Å². The molecule has 0 saturated heterocycles. The summed E-state index contributed by atoms with van der Waals surface area (Å²) in [4.78, 5) is 0. The number of fused-ring (bicyclic) bond motifs is 1. The summed E-state index contributed by atoms with van der Waals surface area (Å²) in [6.07, 6.45) is 5.53. The van der Waals surface area contributed by atoms with E-state index in [0.717, 1.165) is 12.8 Å². The van der Waals surface area contributed by atoms with Crippen LogP contribution in [0.5, 0.6) is 0 Å². The van der Waals surface area contributed by atoms with Gasteiger partial charge in [0.05, 0.1) is 6.61 Å². The third kappa shape index (κ3) is 2.31. The highest BCUT2D eigenvalue weighted by atomic mass is 16.5. The van der Waals surface area contributed by atoms with Crippen LogP contribution in [0.15, 0.2) is 36.5 Å². The summed E-state index contributed by atoms with van der Waals surface area (Å²) in [5.41, 5.74) is 11.3. The number of hydrogen-bond acceptors (Lipinski definition) is 2. The number of methoxy groups -OCH3 is 1. The minimum atomic E-state index is 0.201. The molecule has 1 heterocycles. The van der Waals surface area contributed by atoms with E-state index in [1.807, 2.05) is 0 Å². The Kier molecular flexibility index (Phi) is 3.40. The molecule has 100 valence electrons.